The minimum Gasteiger partial charge on any atom is -0.444 e. The van der Waals surface area contributed by atoms with E-state index in [9.17, 15) is 4.79 Å². The van der Waals surface area contributed by atoms with Gasteiger partial charge >= 0.3 is 6.09 Å². The molecule has 0 aliphatic carbocycles. The maximum absolute atomic E-state index is 12.3. The van der Waals surface area contributed by atoms with E-state index in [1.54, 1.807) is 11.0 Å². The number of hydrazone groups is 1. The molecule has 1 aromatic rings. The number of halogens is 1. The van der Waals surface area contributed by atoms with Crippen molar-refractivity contribution in [2.75, 3.05) is 31.1 Å². The lowest BCUT2D eigenvalue weighted by atomic mass is 10.0. The van der Waals surface area contributed by atoms with Crippen LogP contribution in [0.2, 0.25) is 0 Å². The van der Waals surface area contributed by atoms with Gasteiger partial charge in [-0.1, -0.05) is 23.7 Å². The molecule has 3 aliphatic heterocycles. The molecule has 7 nitrogen and oxygen atoms in total. The molecule has 3 heterocycles. The number of fused-ring (bicyclic) bond motifs is 1. The van der Waals surface area contributed by atoms with E-state index >= 15 is 0 Å². The molecule has 0 bridgehead atoms. The van der Waals surface area contributed by atoms with Crippen molar-refractivity contribution < 1.29 is 9.53 Å². The third kappa shape index (κ3) is 4.31. The van der Waals surface area contributed by atoms with Crippen LogP contribution in [0.1, 0.15) is 39.3 Å². The number of ether oxygens (including phenoxy) is 1. The van der Waals surface area contributed by atoms with Crippen LogP contribution in [-0.4, -0.2) is 64.8 Å². The van der Waals surface area contributed by atoms with Crippen molar-refractivity contribution in [3.8, 4) is 0 Å². The fourth-order valence-electron chi connectivity index (χ4n) is 4.00. The van der Waals surface area contributed by atoms with Crippen LogP contribution < -0.4 is 4.90 Å². The number of aliphatic imine (C=N–C) groups is 1. The van der Waals surface area contributed by atoms with Crippen LogP contribution in [0.25, 0.3) is 0 Å². The number of hydrogen-bond acceptors (Lipinski definition) is 6. The maximum Gasteiger partial charge on any atom is 0.410 e. The van der Waals surface area contributed by atoms with E-state index in [1.165, 1.54) is 0 Å². The van der Waals surface area contributed by atoms with Crippen molar-refractivity contribution >= 4 is 34.4 Å². The smallest absolute Gasteiger partial charge is 0.410 e. The predicted molar refractivity (Wildman–Crippen MR) is 120 cm³/mol. The van der Waals surface area contributed by atoms with Gasteiger partial charge < -0.3 is 14.5 Å². The molecular formula is C22H28ClN5O2. The zero-order chi connectivity index (χ0) is 21.5. The lowest BCUT2D eigenvalue weighted by molar-refractivity contribution is 0.0240. The molecular weight excluding hydrogens is 402 g/mol. The molecule has 1 fully saturated rings. The Morgan fingerprint density at radius 3 is 2.60 bits per heavy atom. The molecule has 30 heavy (non-hydrogen) atoms. The molecule has 4 rings (SSSR count). The summed E-state index contributed by atoms with van der Waals surface area (Å²) in [4.78, 5) is 21.1. The highest BCUT2D eigenvalue weighted by molar-refractivity contribution is 6.68. The van der Waals surface area contributed by atoms with Gasteiger partial charge in [0.25, 0.3) is 0 Å². The molecule has 8 heteroatoms. The Balaban J connectivity index is 1.45. The Morgan fingerprint density at radius 2 is 1.90 bits per heavy atom. The minimum absolute atomic E-state index is 0.0155. The monoisotopic (exact) mass is 429 g/mol. The van der Waals surface area contributed by atoms with Crippen molar-refractivity contribution in [1.29, 1.82) is 0 Å². The van der Waals surface area contributed by atoms with E-state index in [1.807, 2.05) is 31.9 Å². The first-order valence-corrected chi connectivity index (χ1v) is 10.7. The summed E-state index contributed by atoms with van der Waals surface area (Å²) in [6, 6.07) is 8.59. The van der Waals surface area contributed by atoms with E-state index in [2.05, 4.69) is 41.2 Å². The van der Waals surface area contributed by atoms with E-state index in [0.717, 1.165) is 30.2 Å². The van der Waals surface area contributed by atoms with Crippen LogP contribution >= 0.6 is 11.6 Å². The van der Waals surface area contributed by atoms with Crippen molar-refractivity contribution in [2.24, 2.45) is 10.1 Å². The third-order valence-corrected chi connectivity index (χ3v) is 5.57. The summed E-state index contributed by atoms with van der Waals surface area (Å²) >= 11 is 6.13. The number of amides is 1. The Morgan fingerprint density at radius 1 is 1.17 bits per heavy atom. The Hall–Kier alpha value is -2.54. The number of benzene rings is 1. The first kappa shape index (κ1) is 20.7. The molecule has 2 unspecified atom stereocenters. The minimum atomic E-state index is -0.476. The van der Waals surface area contributed by atoms with Crippen LogP contribution in [0.5, 0.6) is 0 Å². The first-order chi connectivity index (χ1) is 14.2. The zero-order valence-electron chi connectivity index (χ0n) is 17.9. The standard InChI is InChI=1S/C22H28ClN5O2/c1-15-20(28-19(24-15)9-8-18(23)25-28)16-6-5-7-17(14-16)26-10-12-27(13-11-26)21(29)30-22(2,3)4/h5-9,14-15,20H,10-13H2,1-4H3. The lowest BCUT2D eigenvalue weighted by Crippen LogP contribution is -2.50. The van der Waals surface area contributed by atoms with Crippen LogP contribution in [0.3, 0.4) is 0 Å². The van der Waals surface area contributed by atoms with E-state index in [0.29, 0.717) is 18.3 Å². The van der Waals surface area contributed by atoms with Crippen LogP contribution in [0, 0.1) is 0 Å². The Bertz CT molecular complexity index is 912. The predicted octanol–water partition coefficient (Wildman–Crippen LogP) is 4.01. The molecule has 0 saturated carbocycles. The van der Waals surface area contributed by atoms with Crippen molar-refractivity contribution in [1.82, 2.24) is 9.91 Å². The van der Waals surface area contributed by atoms with E-state index in [4.69, 9.17) is 21.3 Å². The van der Waals surface area contributed by atoms with Gasteiger partial charge in [-0.05, 0) is 57.5 Å². The summed E-state index contributed by atoms with van der Waals surface area (Å²) in [7, 11) is 0. The summed E-state index contributed by atoms with van der Waals surface area (Å²) in [5.41, 5.74) is 1.81. The van der Waals surface area contributed by atoms with Gasteiger partial charge in [0.2, 0.25) is 0 Å². The van der Waals surface area contributed by atoms with Gasteiger partial charge in [-0.3, -0.25) is 4.99 Å². The number of nitrogens with zero attached hydrogens (tertiary/aromatic N) is 5. The normalized spacial score (nSPS) is 23.8. The largest absolute Gasteiger partial charge is 0.444 e. The molecule has 1 amide bonds. The van der Waals surface area contributed by atoms with Crippen LogP contribution in [-0.2, 0) is 4.74 Å². The molecule has 0 spiro atoms. The van der Waals surface area contributed by atoms with Gasteiger partial charge in [-0.25, -0.2) is 9.80 Å². The molecule has 2 atom stereocenters. The summed E-state index contributed by atoms with van der Waals surface area (Å²) in [5.74, 6) is 0.841. The van der Waals surface area contributed by atoms with Gasteiger partial charge in [0.05, 0.1) is 6.04 Å². The highest BCUT2D eigenvalue weighted by Crippen LogP contribution is 2.35. The SMILES string of the molecule is CC1N=C2C=CC(Cl)=NN2C1c1cccc(N2CCN(C(=O)OC(C)(C)C)CC2)c1. The summed E-state index contributed by atoms with van der Waals surface area (Å²) in [5, 5.41) is 6.85. The first-order valence-electron chi connectivity index (χ1n) is 10.3. The quantitative estimate of drug-likeness (QED) is 0.712. The van der Waals surface area contributed by atoms with Gasteiger partial charge in [0, 0.05) is 31.9 Å². The number of hydrogen-bond donors (Lipinski definition) is 0. The van der Waals surface area contributed by atoms with Crippen molar-refractivity contribution in [2.45, 2.75) is 45.4 Å². The van der Waals surface area contributed by atoms with Gasteiger partial charge in [0.15, 0.2) is 0 Å². The van der Waals surface area contributed by atoms with Gasteiger partial charge in [-0.15, -0.1) is 0 Å². The molecule has 1 aromatic carbocycles. The molecule has 3 aliphatic rings. The number of amidine groups is 1. The number of rotatable bonds is 2. The number of piperazine rings is 1. The van der Waals surface area contributed by atoms with Gasteiger partial charge in [-0.2, -0.15) is 5.10 Å². The lowest BCUT2D eigenvalue weighted by Gasteiger charge is -2.37. The molecule has 160 valence electrons. The van der Waals surface area contributed by atoms with Crippen LogP contribution in [0.15, 0.2) is 46.5 Å². The molecule has 0 radical (unpaired) electrons. The third-order valence-electron chi connectivity index (χ3n) is 5.37. The fraction of sp³-hybridized carbons (Fsp3) is 0.500. The second kappa shape index (κ2) is 7.95. The van der Waals surface area contributed by atoms with Gasteiger partial charge in [0.1, 0.15) is 22.6 Å². The number of allylic oxidation sites excluding steroid dienone is 1. The number of anilines is 1. The van der Waals surface area contributed by atoms with Crippen molar-refractivity contribution in [3.63, 3.8) is 0 Å². The van der Waals surface area contributed by atoms with Crippen molar-refractivity contribution in [3.05, 3.63) is 42.0 Å². The Kier molecular flexibility index (Phi) is 5.49. The molecule has 1 saturated heterocycles. The highest BCUT2D eigenvalue weighted by atomic mass is 35.5. The van der Waals surface area contributed by atoms with Crippen LogP contribution in [0.4, 0.5) is 10.5 Å². The second-order valence-electron chi connectivity index (χ2n) is 8.82. The summed E-state index contributed by atoms with van der Waals surface area (Å²) in [6.45, 7) is 10.6. The number of carbonyl (C=O) groups excluding carboxylic acids is 1. The van der Waals surface area contributed by atoms with E-state index in [-0.39, 0.29) is 18.2 Å². The molecule has 0 aromatic heterocycles. The second-order valence-corrected chi connectivity index (χ2v) is 9.21. The summed E-state index contributed by atoms with van der Waals surface area (Å²) < 4.78 is 5.50. The summed E-state index contributed by atoms with van der Waals surface area (Å²) in [6.07, 6.45) is 3.44. The molecule has 0 N–H and O–H groups in total. The average molecular weight is 430 g/mol. The maximum atomic E-state index is 12.3. The Labute approximate surface area is 182 Å². The topological polar surface area (TPSA) is 60.7 Å². The average Bonchev–Trinajstić information content (AvgIpc) is 3.02. The zero-order valence-corrected chi connectivity index (χ0v) is 18.6. The highest BCUT2D eigenvalue weighted by Gasteiger charge is 2.36. The number of carbonyl (C=O) groups is 1. The fourth-order valence-corrected chi connectivity index (χ4v) is 4.14. The van der Waals surface area contributed by atoms with E-state index < -0.39 is 5.60 Å².